The molecule has 1 aliphatic heterocycles. The van der Waals surface area contributed by atoms with Gasteiger partial charge in [0.15, 0.2) is 0 Å². The Morgan fingerprint density at radius 2 is 1.82 bits per heavy atom. The number of halogens is 1. The first-order chi connectivity index (χ1) is 13.6. The summed E-state index contributed by atoms with van der Waals surface area (Å²) < 4.78 is 1.43. The Kier molecular flexibility index (Phi) is 5.26. The van der Waals surface area contributed by atoms with Crippen LogP contribution in [0.1, 0.15) is 18.4 Å². The molecule has 5 nitrogen and oxygen atoms in total. The number of para-hydroxylation sites is 1. The van der Waals surface area contributed by atoms with Gasteiger partial charge in [-0.25, -0.2) is 4.68 Å². The zero-order valence-corrected chi connectivity index (χ0v) is 16.1. The van der Waals surface area contributed by atoms with E-state index < -0.39 is 0 Å². The van der Waals surface area contributed by atoms with Gasteiger partial charge in [-0.1, -0.05) is 41.9 Å². The number of anilines is 1. The lowest BCUT2D eigenvalue weighted by molar-refractivity contribution is -0.118. The first-order valence-electron chi connectivity index (χ1n) is 9.34. The molecule has 2 aromatic carbocycles. The van der Waals surface area contributed by atoms with Crippen molar-refractivity contribution in [3.05, 3.63) is 81.6 Å². The third kappa shape index (κ3) is 3.85. The number of carbonyl (C=O) groups is 1. The molecule has 2 heterocycles. The second-order valence-corrected chi connectivity index (χ2v) is 7.25. The standard InChI is InChI=1S/C22H20ClN3O2/c23-18-9-7-16(8-10-18)19-11-12-22(28)26(24-19)14-3-6-21(27)25-15-13-17-4-1-2-5-20(17)25/h1-2,4-5,7-12H,3,6,13-15H2. The molecular weight excluding hydrogens is 374 g/mol. The third-order valence-electron chi connectivity index (χ3n) is 4.96. The van der Waals surface area contributed by atoms with Crippen LogP contribution in [-0.2, 0) is 17.8 Å². The van der Waals surface area contributed by atoms with Crippen molar-refractivity contribution >= 4 is 23.2 Å². The minimum absolute atomic E-state index is 0.0897. The molecule has 1 aliphatic rings. The van der Waals surface area contributed by atoms with Crippen LogP contribution in [-0.4, -0.2) is 22.2 Å². The summed E-state index contributed by atoms with van der Waals surface area (Å²) in [5.41, 5.74) is 3.65. The van der Waals surface area contributed by atoms with E-state index in [1.165, 1.54) is 16.3 Å². The van der Waals surface area contributed by atoms with Crippen LogP contribution in [0.25, 0.3) is 11.3 Å². The number of fused-ring (bicyclic) bond motifs is 1. The van der Waals surface area contributed by atoms with Crippen LogP contribution in [0.4, 0.5) is 5.69 Å². The highest BCUT2D eigenvalue weighted by Gasteiger charge is 2.23. The SMILES string of the molecule is O=C(CCCn1nc(-c2ccc(Cl)cc2)ccc1=O)N1CCc2ccccc21. The molecule has 0 unspecified atom stereocenters. The van der Waals surface area contributed by atoms with Gasteiger partial charge >= 0.3 is 0 Å². The van der Waals surface area contributed by atoms with E-state index >= 15 is 0 Å². The van der Waals surface area contributed by atoms with Crippen LogP contribution in [0.5, 0.6) is 0 Å². The first kappa shape index (κ1) is 18.4. The van der Waals surface area contributed by atoms with Gasteiger partial charge < -0.3 is 4.90 Å². The van der Waals surface area contributed by atoms with Crippen LogP contribution >= 0.6 is 11.6 Å². The Labute approximate surface area is 168 Å². The van der Waals surface area contributed by atoms with Crippen molar-refractivity contribution < 1.29 is 4.79 Å². The van der Waals surface area contributed by atoms with Crippen molar-refractivity contribution in [2.24, 2.45) is 0 Å². The molecule has 1 amide bonds. The molecule has 0 fully saturated rings. The van der Waals surface area contributed by atoms with Gasteiger partial charge in [0, 0.05) is 41.9 Å². The molecule has 142 valence electrons. The van der Waals surface area contributed by atoms with Gasteiger partial charge in [-0.15, -0.1) is 0 Å². The maximum absolute atomic E-state index is 12.6. The van der Waals surface area contributed by atoms with Crippen LogP contribution in [0, 0.1) is 0 Å². The predicted molar refractivity (Wildman–Crippen MR) is 111 cm³/mol. The molecule has 0 aliphatic carbocycles. The van der Waals surface area contributed by atoms with Crippen molar-refractivity contribution in [3.8, 4) is 11.3 Å². The van der Waals surface area contributed by atoms with Crippen LogP contribution in [0.15, 0.2) is 65.5 Å². The summed E-state index contributed by atoms with van der Waals surface area (Å²) >= 11 is 5.93. The number of rotatable bonds is 5. The molecule has 0 radical (unpaired) electrons. The molecule has 0 bridgehead atoms. The fourth-order valence-electron chi connectivity index (χ4n) is 3.50. The number of hydrogen-bond donors (Lipinski definition) is 0. The van der Waals surface area contributed by atoms with Crippen molar-refractivity contribution in [1.82, 2.24) is 9.78 Å². The fraction of sp³-hybridized carbons (Fsp3) is 0.227. The van der Waals surface area contributed by atoms with E-state index in [2.05, 4.69) is 11.2 Å². The number of carbonyl (C=O) groups excluding carboxylic acids is 1. The molecule has 0 atom stereocenters. The number of nitrogens with zero attached hydrogens (tertiary/aromatic N) is 3. The fourth-order valence-corrected chi connectivity index (χ4v) is 3.62. The summed E-state index contributed by atoms with van der Waals surface area (Å²) in [7, 11) is 0. The van der Waals surface area contributed by atoms with E-state index in [1.807, 2.05) is 35.2 Å². The number of aryl methyl sites for hydroxylation is 1. The minimum Gasteiger partial charge on any atom is -0.312 e. The van der Waals surface area contributed by atoms with E-state index in [0.717, 1.165) is 24.2 Å². The number of benzene rings is 2. The minimum atomic E-state index is -0.170. The average Bonchev–Trinajstić information content (AvgIpc) is 3.14. The Hall–Kier alpha value is -2.92. The molecule has 0 saturated carbocycles. The Balaban J connectivity index is 1.41. The topological polar surface area (TPSA) is 55.2 Å². The summed E-state index contributed by atoms with van der Waals surface area (Å²) in [5.74, 6) is 0.0897. The number of aromatic nitrogens is 2. The highest BCUT2D eigenvalue weighted by Crippen LogP contribution is 2.28. The molecule has 0 spiro atoms. The summed E-state index contributed by atoms with van der Waals surface area (Å²) in [4.78, 5) is 26.6. The molecule has 0 saturated heterocycles. The normalized spacial score (nSPS) is 12.8. The number of amides is 1. The maximum atomic E-state index is 12.6. The number of hydrogen-bond acceptors (Lipinski definition) is 3. The zero-order valence-electron chi connectivity index (χ0n) is 15.3. The summed E-state index contributed by atoms with van der Waals surface area (Å²) in [6, 6.07) is 18.5. The van der Waals surface area contributed by atoms with Gasteiger partial charge in [0.25, 0.3) is 5.56 Å². The zero-order chi connectivity index (χ0) is 19.5. The van der Waals surface area contributed by atoms with Gasteiger partial charge in [0.1, 0.15) is 0 Å². The largest absolute Gasteiger partial charge is 0.312 e. The third-order valence-corrected chi connectivity index (χ3v) is 5.21. The lowest BCUT2D eigenvalue weighted by Crippen LogP contribution is -2.29. The monoisotopic (exact) mass is 393 g/mol. The second-order valence-electron chi connectivity index (χ2n) is 6.81. The molecule has 0 N–H and O–H groups in total. The van der Waals surface area contributed by atoms with Crippen LogP contribution in [0.2, 0.25) is 5.02 Å². The first-order valence-corrected chi connectivity index (χ1v) is 9.72. The van der Waals surface area contributed by atoms with E-state index in [4.69, 9.17) is 11.6 Å². The van der Waals surface area contributed by atoms with Gasteiger partial charge in [0.2, 0.25) is 5.91 Å². The van der Waals surface area contributed by atoms with E-state index in [1.54, 1.807) is 18.2 Å². The Morgan fingerprint density at radius 1 is 1.04 bits per heavy atom. The Morgan fingerprint density at radius 3 is 2.64 bits per heavy atom. The highest BCUT2D eigenvalue weighted by atomic mass is 35.5. The van der Waals surface area contributed by atoms with Gasteiger partial charge in [-0.2, -0.15) is 5.10 Å². The summed E-state index contributed by atoms with van der Waals surface area (Å²) in [6.07, 6.45) is 1.84. The van der Waals surface area contributed by atoms with Crippen molar-refractivity contribution in [1.29, 1.82) is 0 Å². The lowest BCUT2D eigenvalue weighted by atomic mass is 10.1. The van der Waals surface area contributed by atoms with Gasteiger partial charge in [-0.05, 0) is 42.7 Å². The second kappa shape index (κ2) is 7.98. The summed E-state index contributed by atoms with van der Waals surface area (Å²) in [6.45, 7) is 1.13. The highest BCUT2D eigenvalue weighted by molar-refractivity contribution is 6.30. The van der Waals surface area contributed by atoms with Gasteiger partial charge in [0.05, 0.1) is 5.69 Å². The van der Waals surface area contributed by atoms with E-state index in [-0.39, 0.29) is 11.5 Å². The van der Waals surface area contributed by atoms with Crippen molar-refractivity contribution in [2.75, 3.05) is 11.4 Å². The van der Waals surface area contributed by atoms with Crippen molar-refractivity contribution in [2.45, 2.75) is 25.8 Å². The Bertz CT molecular complexity index is 1060. The molecule has 1 aromatic heterocycles. The summed E-state index contributed by atoms with van der Waals surface area (Å²) in [5, 5.41) is 5.09. The van der Waals surface area contributed by atoms with Crippen LogP contribution < -0.4 is 10.5 Å². The molecule has 6 heteroatoms. The molecule has 4 rings (SSSR count). The quantitative estimate of drug-likeness (QED) is 0.659. The average molecular weight is 394 g/mol. The van der Waals surface area contributed by atoms with Crippen LogP contribution in [0.3, 0.4) is 0 Å². The van der Waals surface area contributed by atoms with E-state index in [0.29, 0.717) is 30.1 Å². The molecule has 28 heavy (non-hydrogen) atoms. The predicted octanol–water partition coefficient (Wildman–Crippen LogP) is 3.93. The molecule has 3 aromatic rings. The molecular formula is C22H20ClN3O2. The van der Waals surface area contributed by atoms with Crippen molar-refractivity contribution in [3.63, 3.8) is 0 Å². The van der Waals surface area contributed by atoms with Gasteiger partial charge in [-0.3, -0.25) is 9.59 Å². The lowest BCUT2D eigenvalue weighted by Gasteiger charge is -2.17. The van der Waals surface area contributed by atoms with E-state index in [9.17, 15) is 9.59 Å². The smallest absolute Gasteiger partial charge is 0.266 e. The maximum Gasteiger partial charge on any atom is 0.266 e.